The van der Waals surface area contributed by atoms with E-state index in [9.17, 15) is 0 Å². The van der Waals surface area contributed by atoms with Crippen LogP contribution in [-0.4, -0.2) is 12.6 Å². The van der Waals surface area contributed by atoms with Crippen molar-refractivity contribution in [2.45, 2.75) is 46.1 Å². The SMILES string of the molecule is CCCCCNc1ccc(OC(C)C)c(Cl)c1. The number of ether oxygens (including phenoxy) is 1. The first kappa shape index (κ1) is 14.2. The number of hydrogen-bond acceptors (Lipinski definition) is 2. The first-order valence-electron chi connectivity index (χ1n) is 6.33. The van der Waals surface area contributed by atoms with Crippen LogP contribution in [0.3, 0.4) is 0 Å². The highest BCUT2D eigenvalue weighted by atomic mass is 35.5. The number of anilines is 1. The van der Waals surface area contributed by atoms with E-state index in [1.165, 1.54) is 19.3 Å². The number of unbranched alkanes of at least 4 members (excludes halogenated alkanes) is 2. The molecular weight excluding hydrogens is 234 g/mol. The van der Waals surface area contributed by atoms with E-state index in [-0.39, 0.29) is 6.10 Å². The summed E-state index contributed by atoms with van der Waals surface area (Å²) in [5.74, 6) is 0.751. The summed E-state index contributed by atoms with van der Waals surface area (Å²) < 4.78 is 5.58. The van der Waals surface area contributed by atoms with E-state index in [0.717, 1.165) is 18.0 Å². The maximum atomic E-state index is 6.15. The van der Waals surface area contributed by atoms with Gasteiger partial charge in [0.2, 0.25) is 0 Å². The largest absolute Gasteiger partial charge is 0.489 e. The van der Waals surface area contributed by atoms with E-state index in [1.807, 2.05) is 32.0 Å². The Kier molecular flexibility index (Phi) is 6.20. The molecule has 1 N–H and O–H groups in total. The van der Waals surface area contributed by atoms with Gasteiger partial charge in [-0.25, -0.2) is 0 Å². The highest BCUT2D eigenvalue weighted by Crippen LogP contribution is 2.28. The van der Waals surface area contributed by atoms with Crippen LogP contribution >= 0.6 is 11.6 Å². The predicted octanol–water partition coefficient (Wildman–Crippen LogP) is 4.73. The van der Waals surface area contributed by atoms with E-state index in [1.54, 1.807) is 0 Å². The first-order chi connectivity index (χ1) is 8.13. The van der Waals surface area contributed by atoms with Crippen molar-refractivity contribution in [3.05, 3.63) is 23.2 Å². The molecule has 0 atom stereocenters. The first-order valence-corrected chi connectivity index (χ1v) is 6.71. The Morgan fingerprint density at radius 1 is 1.29 bits per heavy atom. The topological polar surface area (TPSA) is 21.3 Å². The van der Waals surface area contributed by atoms with E-state index < -0.39 is 0 Å². The molecule has 3 heteroatoms. The van der Waals surface area contributed by atoms with Crippen molar-refractivity contribution in [2.75, 3.05) is 11.9 Å². The zero-order valence-corrected chi connectivity index (χ0v) is 11.7. The maximum absolute atomic E-state index is 6.15. The summed E-state index contributed by atoms with van der Waals surface area (Å²) in [6.45, 7) is 7.18. The van der Waals surface area contributed by atoms with Gasteiger partial charge in [0.1, 0.15) is 5.75 Å². The minimum absolute atomic E-state index is 0.149. The molecule has 2 nitrogen and oxygen atoms in total. The van der Waals surface area contributed by atoms with Crippen LogP contribution in [0.4, 0.5) is 5.69 Å². The summed E-state index contributed by atoms with van der Waals surface area (Å²) in [5, 5.41) is 4.03. The van der Waals surface area contributed by atoms with Gasteiger partial charge in [-0.2, -0.15) is 0 Å². The van der Waals surface area contributed by atoms with Crippen LogP contribution in [0.5, 0.6) is 5.75 Å². The summed E-state index contributed by atoms with van der Waals surface area (Å²) >= 11 is 6.15. The van der Waals surface area contributed by atoms with Crippen molar-refractivity contribution in [3.63, 3.8) is 0 Å². The number of halogens is 1. The fraction of sp³-hybridized carbons (Fsp3) is 0.571. The summed E-state index contributed by atoms with van der Waals surface area (Å²) in [6.07, 6.45) is 3.84. The lowest BCUT2D eigenvalue weighted by atomic mass is 10.2. The molecule has 0 aromatic heterocycles. The Labute approximate surface area is 109 Å². The Hall–Kier alpha value is -0.890. The van der Waals surface area contributed by atoms with Crippen LogP contribution in [0.25, 0.3) is 0 Å². The minimum Gasteiger partial charge on any atom is -0.489 e. The molecule has 0 saturated heterocycles. The van der Waals surface area contributed by atoms with E-state index in [2.05, 4.69) is 12.2 Å². The molecule has 1 aromatic carbocycles. The highest BCUT2D eigenvalue weighted by molar-refractivity contribution is 6.32. The van der Waals surface area contributed by atoms with Crippen LogP contribution in [0.2, 0.25) is 5.02 Å². The maximum Gasteiger partial charge on any atom is 0.138 e. The van der Waals surface area contributed by atoms with Crippen molar-refractivity contribution in [1.82, 2.24) is 0 Å². The molecular formula is C14H22ClNO. The number of nitrogens with one attached hydrogen (secondary N) is 1. The van der Waals surface area contributed by atoms with Crippen LogP contribution in [0.1, 0.15) is 40.0 Å². The zero-order chi connectivity index (χ0) is 12.7. The van der Waals surface area contributed by atoms with Gasteiger partial charge >= 0.3 is 0 Å². The van der Waals surface area contributed by atoms with Crippen LogP contribution in [-0.2, 0) is 0 Å². The lowest BCUT2D eigenvalue weighted by molar-refractivity contribution is 0.242. The second-order valence-electron chi connectivity index (χ2n) is 4.45. The zero-order valence-electron chi connectivity index (χ0n) is 10.9. The van der Waals surface area contributed by atoms with Gasteiger partial charge in [-0.15, -0.1) is 0 Å². The molecule has 1 rings (SSSR count). The number of benzene rings is 1. The van der Waals surface area contributed by atoms with Crippen molar-refractivity contribution in [1.29, 1.82) is 0 Å². The van der Waals surface area contributed by atoms with Crippen molar-refractivity contribution >= 4 is 17.3 Å². The Morgan fingerprint density at radius 2 is 2.06 bits per heavy atom. The minimum atomic E-state index is 0.149. The fourth-order valence-electron chi connectivity index (χ4n) is 1.57. The molecule has 1 aromatic rings. The molecule has 17 heavy (non-hydrogen) atoms. The molecule has 0 saturated carbocycles. The van der Waals surface area contributed by atoms with Gasteiger partial charge in [-0.3, -0.25) is 0 Å². The van der Waals surface area contributed by atoms with Gasteiger partial charge in [-0.05, 0) is 38.5 Å². The molecule has 0 radical (unpaired) electrons. The quantitative estimate of drug-likeness (QED) is 0.712. The van der Waals surface area contributed by atoms with Gasteiger partial charge < -0.3 is 10.1 Å². The summed E-state index contributed by atoms with van der Waals surface area (Å²) in [7, 11) is 0. The molecule has 0 unspecified atom stereocenters. The summed E-state index contributed by atoms with van der Waals surface area (Å²) in [4.78, 5) is 0. The average Bonchev–Trinajstić information content (AvgIpc) is 2.27. The van der Waals surface area contributed by atoms with Gasteiger partial charge in [0.15, 0.2) is 0 Å². The Balaban J connectivity index is 2.50. The third-order valence-electron chi connectivity index (χ3n) is 2.40. The molecule has 0 amide bonds. The third kappa shape index (κ3) is 5.31. The van der Waals surface area contributed by atoms with Crippen LogP contribution in [0.15, 0.2) is 18.2 Å². The smallest absolute Gasteiger partial charge is 0.138 e. The van der Waals surface area contributed by atoms with Gasteiger partial charge in [0, 0.05) is 12.2 Å². The second-order valence-corrected chi connectivity index (χ2v) is 4.85. The third-order valence-corrected chi connectivity index (χ3v) is 2.70. The number of rotatable bonds is 7. The van der Waals surface area contributed by atoms with Crippen LogP contribution < -0.4 is 10.1 Å². The lowest BCUT2D eigenvalue weighted by Gasteiger charge is -2.13. The van der Waals surface area contributed by atoms with E-state index in [0.29, 0.717) is 5.02 Å². The fourth-order valence-corrected chi connectivity index (χ4v) is 1.79. The second kappa shape index (κ2) is 7.44. The molecule has 0 aliphatic rings. The van der Waals surface area contributed by atoms with Crippen molar-refractivity contribution in [2.24, 2.45) is 0 Å². The van der Waals surface area contributed by atoms with E-state index >= 15 is 0 Å². The molecule has 0 spiro atoms. The molecule has 0 bridgehead atoms. The van der Waals surface area contributed by atoms with Crippen molar-refractivity contribution < 1.29 is 4.74 Å². The molecule has 0 heterocycles. The van der Waals surface area contributed by atoms with Gasteiger partial charge in [0.25, 0.3) is 0 Å². The lowest BCUT2D eigenvalue weighted by Crippen LogP contribution is -2.06. The van der Waals surface area contributed by atoms with Crippen LogP contribution in [0, 0.1) is 0 Å². The standard InChI is InChI=1S/C14H22ClNO/c1-4-5-6-9-16-12-7-8-14(13(15)10-12)17-11(2)3/h7-8,10-11,16H,4-6,9H2,1-3H3. The highest BCUT2D eigenvalue weighted by Gasteiger charge is 2.04. The number of hydrogen-bond donors (Lipinski definition) is 1. The average molecular weight is 256 g/mol. The summed E-state index contributed by atoms with van der Waals surface area (Å²) in [6, 6.07) is 5.85. The molecule has 0 aliphatic heterocycles. The van der Waals surface area contributed by atoms with Crippen molar-refractivity contribution in [3.8, 4) is 5.75 Å². The summed E-state index contributed by atoms with van der Waals surface area (Å²) in [5.41, 5.74) is 1.06. The van der Waals surface area contributed by atoms with E-state index in [4.69, 9.17) is 16.3 Å². The van der Waals surface area contributed by atoms with Gasteiger partial charge in [0.05, 0.1) is 11.1 Å². The molecule has 0 fully saturated rings. The Morgan fingerprint density at radius 3 is 2.65 bits per heavy atom. The molecule has 0 aliphatic carbocycles. The predicted molar refractivity (Wildman–Crippen MR) is 75.2 cm³/mol. The van der Waals surface area contributed by atoms with Gasteiger partial charge in [-0.1, -0.05) is 31.4 Å². The normalized spacial score (nSPS) is 10.6. The monoisotopic (exact) mass is 255 g/mol. The molecule has 96 valence electrons. The Bertz CT molecular complexity index is 339.